The average Bonchev–Trinajstić information content (AvgIpc) is 2.78. The number of amides is 1. The van der Waals surface area contributed by atoms with Gasteiger partial charge in [0.25, 0.3) is 0 Å². The number of hydrogen-bond acceptors (Lipinski definition) is 4. The predicted molar refractivity (Wildman–Crippen MR) is 76.7 cm³/mol. The molecular formula is C14H19N3OS. The molecule has 3 rings (SSSR count). The third-order valence-electron chi connectivity index (χ3n) is 4.50. The molecule has 1 spiro atoms. The molecule has 4 nitrogen and oxygen atoms in total. The molecule has 102 valence electrons. The number of carbonyl (C=O) groups excluding carboxylic acids is 1. The summed E-state index contributed by atoms with van der Waals surface area (Å²) in [5.74, 6) is 0.453. The van der Waals surface area contributed by atoms with Crippen LogP contribution in [0.15, 0.2) is 24.4 Å². The van der Waals surface area contributed by atoms with Crippen molar-refractivity contribution in [1.29, 1.82) is 0 Å². The van der Waals surface area contributed by atoms with Crippen LogP contribution in [-0.4, -0.2) is 41.1 Å². The van der Waals surface area contributed by atoms with E-state index >= 15 is 0 Å². The Morgan fingerprint density at radius 2 is 2.21 bits per heavy atom. The van der Waals surface area contributed by atoms with E-state index in [4.69, 9.17) is 0 Å². The van der Waals surface area contributed by atoms with Gasteiger partial charge in [-0.15, -0.1) is 0 Å². The van der Waals surface area contributed by atoms with Crippen LogP contribution in [0.4, 0.5) is 0 Å². The number of rotatable bonds is 2. The number of hydrogen-bond donors (Lipinski definition) is 1. The first-order chi connectivity index (χ1) is 9.26. The molecule has 1 unspecified atom stereocenters. The Hall–Kier alpha value is -1.07. The maximum atomic E-state index is 12.4. The summed E-state index contributed by atoms with van der Waals surface area (Å²) in [6, 6.07) is 5.99. The lowest BCUT2D eigenvalue weighted by Crippen LogP contribution is -2.44. The van der Waals surface area contributed by atoms with Gasteiger partial charge in [-0.25, -0.2) is 0 Å². The fraction of sp³-hybridized carbons (Fsp3) is 0.571. The lowest BCUT2D eigenvalue weighted by molar-refractivity contribution is -0.130. The first-order valence-electron chi connectivity index (χ1n) is 6.74. The van der Waals surface area contributed by atoms with E-state index < -0.39 is 0 Å². The molecule has 1 amide bonds. The minimum atomic E-state index is -0.236. The zero-order valence-corrected chi connectivity index (χ0v) is 11.9. The van der Waals surface area contributed by atoms with E-state index in [2.05, 4.69) is 20.9 Å². The highest BCUT2D eigenvalue weighted by atomic mass is 32.2. The lowest BCUT2D eigenvalue weighted by atomic mass is 9.69. The largest absolute Gasteiger partial charge is 0.355 e. The van der Waals surface area contributed by atoms with Gasteiger partial charge in [0.1, 0.15) is 0 Å². The van der Waals surface area contributed by atoms with Crippen LogP contribution < -0.4 is 5.32 Å². The molecule has 2 aliphatic rings. The van der Waals surface area contributed by atoms with Crippen molar-refractivity contribution in [1.82, 2.24) is 14.6 Å². The molecule has 1 aromatic rings. The van der Waals surface area contributed by atoms with Crippen molar-refractivity contribution in [2.24, 2.45) is 5.41 Å². The van der Waals surface area contributed by atoms with Crippen LogP contribution >= 0.6 is 11.9 Å². The first-order valence-corrected chi connectivity index (χ1v) is 7.93. The van der Waals surface area contributed by atoms with E-state index in [0.29, 0.717) is 0 Å². The van der Waals surface area contributed by atoms with E-state index in [0.717, 1.165) is 38.2 Å². The van der Waals surface area contributed by atoms with Crippen molar-refractivity contribution in [3.63, 3.8) is 0 Å². The van der Waals surface area contributed by atoms with Crippen molar-refractivity contribution < 1.29 is 4.79 Å². The van der Waals surface area contributed by atoms with Gasteiger partial charge in [-0.05, 0) is 31.2 Å². The van der Waals surface area contributed by atoms with Crippen molar-refractivity contribution >= 4 is 17.9 Å². The summed E-state index contributed by atoms with van der Waals surface area (Å²) in [7, 11) is 0. The van der Waals surface area contributed by atoms with E-state index in [1.165, 1.54) is 0 Å². The summed E-state index contributed by atoms with van der Waals surface area (Å²) in [6.07, 6.45) is 5.79. The zero-order valence-electron chi connectivity index (χ0n) is 11.1. The fourth-order valence-corrected chi connectivity index (χ4v) is 3.89. The van der Waals surface area contributed by atoms with E-state index in [1.807, 2.05) is 24.4 Å². The van der Waals surface area contributed by atoms with Gasteiger partial charge < -0.3 is 5.32 Å². The van der Waals surface area contributed by atoms with Gasteiger partial charge in [0.15, 0.2) is 0 Å². The molecule has 3 heterocycles. The molecule has 0 radical (unpaired) electrons. The molecule has 1 N–H and O–H groups in total. The van der Waals surface area contributed by atoms with Gasteiger partial charge in [-0.1, -0.05) is 18.0 Å². The Labute approximate surface area is 118 Å². The molecule has 0 saturated carbocycles. The quantitative estimate of drug-likeness (QED) is 0.835. The zero-order chi connectivity index (χ0) is 13.3. The average molecular weight is 277 g/mol. The molecule has 0 aliphatic carbocycles. The van der Waals surface area contributed by atoms with E-state index in [9.17, 15) is 4.79 Å². The van der Waals surface area contributed by atoms with Gasteiger partial charge in [-0.2, -0.15) is 0 Å². The topological polar surface area (TPSA) is 45.2 Å². The summed E-state index contributed by atoms with van der Waals surface area (Å²) in [4.78, 5) is 16.8. The molecule has 1 atom stereocenters. The van der Waals surface area contributed by atoms with Crippen LogP contribution in [0.2, 0.25) is 0 Å². The van der Waals surface area contributed by atoms with Crippen LogP contribution in [0.3, 0.4) is 0 Å². The molecule has 0 bridgehead atoms. The van der Waals surface area contributed by atoms with Crippen LogP contribution in [0.1, 0.15) is 24.5 Å². The van der Waals surface area contributed by atoms with E-state index in [-0.39, 0.29) is 17.2 Å². The minimum absolute atomic E-state index is 0.226. The summed E-state index contributed by atoms with van der Waals surface area (Å²) in [5.41, 5.74) is 0.819. The van der Waals surface area contributed by atoms with Gasteiger partial charge in [0.05, 0.1) is 5.41 Å². The molecule has 1 aromatic heterocycles. The highest BCUT2D eigenvalue weighted by molar-refractivity contribution is 7.96. The number of nitrogens with zero attached hydrogens (tertiary/aromatic N) is 2. The van der Waals surface area contributed by atoms with Gasteiger partial charge in [0.2, 0.25) is 5.91 Å². The van der Waals surface area contributed by atoms with Crippen LogP contribution in [0.25, 0.3) is 0 Å². The second-order valence-electron chi connectivity index (χ2n) is 5.28. The summed E-state index contributed by atoms with van der Waals surface area (Å²) in [5, 5.41) is 3.06. The maximum absolute atomic E-state index is 12.4. The molecule has 2 fully saturated rings. The second-order valence-corrected chi connectivity index (χ2v) is 6.17. The maximum Gasteiger partial charge on any atom is 0.227 e. The van der Waals surface area contributed by atoms with Crippen molar-refractivity contribution in [2.45, 2.75) is 18.8 Å². The fourth-order valence-electron chi connectivity index (χ4n) is 3.34. The molecule has 5 heteroatoms. The van der Waals surface area contributed by atoms with Crippen LogP contribution in [-0.2, 0) is 4.79 Å². The summed E-state index contributed by atoms with van der Waals surface area (Å²) >= 11 is 1.77. The Morgan fingerprint density at radius 1 is 1.42 bits per heavy atom. The van der Waals surface area contributed by atoms with E-state index in [1.54, 1.807) is 11.9 Å². The normalized spacial score (nSPS) is 26.6. The Kier molecular flexibility index (Phi) is 3.50. The first kappa shape index (κ1) is 12.9. The highest BCUT2D eigenvalue weighted by Crippen LogP contribution is 2.47. The Bertz CT molecular complexity index is 457. The molecule has 2 saturated heterocycles. The molecule has 2 aliphatic heterocycles. The monoisotopic (exact) mass is 277 g/mol. The number of nitrogens with one attached hydrogen (secondary N) is 1. The van der Waals surface area contributed by atoms with Crippen LogP contribution in [0, 0.1) is 5.41 Å². The molecular weight excluding hydrogens is 258 g/mol. The minimum Gasteiger partial charge on any atom is -0.355 e. The summed E-state index contributed by atoms with van der Waals surface area (Å²) < 4.78 is 2.34. The van der Waals surface area contributed by atoms with Gasteiger partial charge in [-0.3, -0.25) is 14.1 Å². The van der Waals surface area contributed by atoms with Crippen molar-refractivity contribution in [3.05, 3.63) is 30.1 Å². The number of carbonyl (C=O) groups is 1. The molecule has 19 heavy (non-hydrogen) atoms. The molecule has 0 aromatic carbocycles. The third kappa shape index (κ3) is 2.15. The number of pyridine rings is 1. The van der Waals surface area contributed by atoms with Crippen LogP contribution in [0.5, 0.6) is 0 Å². The smallest absolute Gasteiger partial charge is 0.227 e. The second kappa shape index (κ2) is 5.13. The van der Waals surface area contributed by atoms with Gasteiger partial charge in [0, 0.05) is 37.4 Å². The lowest BCUT2D eigenvalue weighted by Gasteiger charge is -2.39. The Balaban J connectivity index is 1.87. The number of aromatic nitrogens is 1. The Morgan fingerprint density at radius 3 is 2.84 bits per heavy atom. The highest BCUT2D eigenvalue weighted by Gasteiger charge is 2.52. The SMILES string of the molecule is CSN1CCC2(CC1)C(=O)NCC2c1ccccn1. The van der Waals surface area contributed by atoms with Gasteiger partial charge >= 0.3 is 0 Å². The summed E-state index contributed by atoms with van der Waals surface area (Å²) in [6.45, 7) is 2.70. The van der Waals surface area contributed by atoms with Crippen molar-refractivity contribution in [3.8, 4) is 0 Å². The standard InChI is InChI=1S/C14H19N3OS/c1-19-17-8-5-14(6-9-17)11(10-16-13(14)18)12-4-2-3-7-15-12/h2-4,7,11H,5-6,8-10H2,1H3,(H,16,18). The number of piperidine rings is 1. The predicted octanol–water partition coefficient (Wildman–Crippen LogP) is 1.66. The third-order valence-corrected chi connectivity index (χ3v) is 5.39. The van der Waals surface area contributed by atoms with Crippen molar-refractivity contribution in [2.75, 3.05) is 25.9 Å².